The summed E-state index contributed by atoms with van der Waals surface area (Å²) in [7, 11) is 2.78. The molecule has 0 radical (unpaired) electrons. The highest BCUT2D eigenvalue weighted by Crippen LogP contribution is 2.15. The van der Waals surface area contributed by atoms with E-state index in [1.807, 2.05) is 0 Å². The van der Waals surface area contributed by atoms with Crippen molar-refractivity contribution in [3.05, 3.63) is 0 Å². The molecule has 1 fully saturated rings. The smallest absolute Gasteiger partial charge is 0.406 e. The number of imide groups is 1. The van der Waals surface area contributed by atoms with E-state index in [0.717, 1.165) is 0 Å². The van der Waals surface area contributed by atoms with Crippen molar-refractivity contribution in [2.45, 2.75) is 32.3 Å². The summed E-state index contributed by atoms with van der Waals surface area (Å²) in [6.07, 6.45) is -1.87. The van der Waals surface area contributed by atoms with Gasteiger partial charge < -0.3 is 29.7 Å². The first-order valence-electron chi connectivity index (χ1n) is 8.66. The normalized spacial score (nSPS) is 14.6. The number of amides is 4. The van der Waals surface area contributed by atoms with E-state index < -0.39 is 42.0 Å². The summed E-state index contributed by atoms with van der Waals surface area (Å²) in [5.74, 6) is -2.52. The Kier molecular flexibility index (Phi) is 9.71. The molecule has 0 saturated carbocycles. The third kappa shape index (κ3) is 7.78. The van der Waals surface area contributed by atoms with Crippen LogP contribution in [0.15, 0.2) is 0 Å². The number of ether oxygens (including phenoxy) is 3. The van der Waals surface area contributed by atoms with Gasteiger partial charge in [0.05, 0.1) is 5.92 Å². The molecule has 2 N–H and O–H groups in total. The Morgan fingerprint density at radius 2 is 1.50 bits per heavy atom. The Morgan fingerprint density at radius 1 is 1.00 bits per heavy atom. The molecule has 158 valence electrons. The molecular weight excluding hydrogens is 378 g/mol. The molecule has 12 nitrogen and oxygen atoms in total. The second kappa shape index (κ2) is 11.7. The number of nitrogens with zero attached hydrogens (tertiary/aromatic N) is 1. The summed E-state index contributed by atoms with van der Waals surface area (Å²) in [5.41, 5.74) is 0. The quantitative estimate of drug-likeness (QED) is 0.469. The molecule has 1 aliphatic rings. The van der Waals surface area contributed by atoms with Crippen LogP contribution in [0.2, 0.25) is 0 Å². The summed E-state index contributed by atoms with van der Waals surface area (Å²) >= 11 is 0. The fraction of sp³-hybridized carbons (Fsp3) is 0.688. The van der Waals surface area contributed by atoms with Gasteiger partial charge >= 0.3 is 18.2 Å². The van der Waals surface area contributed by atoms with E-state index in [4.69, 9.17) is 19.0 Å². The summed E-state index contributed by atoms with van der Waals surface area (Å²) in [6.45, 7) is 1.25. The second-order valence-corrected chi connectivity index (χ2v) is 5.87. The monoisotopic (exact) mass is 403 g/mol. The van der Waals surface area contributed by atoms with Gasteiger partial charge in [0.1, 0.15) is 19.3 Å². The number of nitrogens with one attached hydrogen (secondary N) is 2. The zero-order valence-electron chi connectivity index (χ0n) is 16.0. The Bertz CT molecular complexity index is 560. The molecule has 4 amide bonds. The number of carbonyl (C=O) groups is 5. The lowest BCUT2D eigenvalue weighted by molar-refractivity contribution is -0.200. The van der Waals surface area contributed by atoms with Crippen molar-refractivity contribution >= 4 is 30.0 Å². The van der Waals surface area contributed by atoms with Crippen molar-refractivity contribution in [2.75, 3.05) is 33.9 Å². The first-order chi connectivity index (χ1) is 13.3. The minimum absolute atomic E-state index is 0.0158. The zero-order valence-corrected chi connectivity index (χ0v) is 16.0. The number of rotatable bonds is 10. The van der Waals surface area contributed by atoms with E-state index in [0.29, 0.717) is 5.06 Å². The van der Waals surface area contributed by atoms with Crippen molar-refractivity contribution in [1.82, 2.24) is 15.7 Å². The number of hydroxylamine groups is 2. The van der Waals surface area contributed by atoms with Crippen molar-refractivity contribution in [2.24, 2.45) is 5.92 Å². The molecule has 1 rings (SSSR count). The zero-order chi connectivity index (χ0) is 21.1. The van der Waals surface area contributed by atoms with Crippen LogP contribution in [0.4, 0.5) is 9.59 Å². The molecule has 0 aromatic carbocycles. The SMILES string of the molecule is CNC(=O)OCC(COC(=O)NC)OCCC(C)C(=O)ON1C(=O)CCC1=O. The van der Waals surface area contributed by atoms with Crippen molar-refractivity contribution in [3.63, 3.8) is 0 Å². The third-order valence-electron chi connectivity index (χ3n) is 3.70. The Hall–Kier alpha value is -2.89. The van der Waals surface area contributed by atoms with E-state index >= 15 is 0 Å². The first-order valence-corrected chi connectivity index (χ1v) is 8.66. The highest BCUT2D eigenvalue weighted by atomic mass is 16.7. The Labute approximate surface area is 161 Å². The molecule has 1 aliphatic heterocycles. The van der Waals surface area contributed by atoms with E-state index in [-0.39, 0.29) is 39.1 Å². The maximum Gasteiger partial charge on any atom is 0.406 e. The van der Waals surface area contributed by atoms with E-state index in [2.05, 4.69) is 10.6 Å². The van der Waals surface area contributed by atoms with Gasteiger partial charge in [-0.05, 0) is 6.42 Å². The molecule has 1 saturated heterocycles. The van der Waals surface area contributed by atoms with Gasteiger partial charge in [0.2, 0.25) is 0 Å². The predicted molar refractivity (Wildman–Crippen MR) is 91.5 cm³/mol. The maximum atomic E-state index is 12.0. The average molecular weight is 403 g/mol. The highest BCUT2D eigenvalue weighted by Gasteiger charge is 2.34. The Morgan fingerprint density at radius 3 is 1.96 bits per heavy atom. The summed E-state index contributed by atoms with van der Waals surface area (Å²) in [4.78, 5) is 62.1. The first kappa shape index (κ1) is 23.1. The summed E-state index contributed by atoms with van der Waals surface area (Å²) < 4.78 is 15.3. The van der Waals surface area contributed by atoms with Gasteiger partial charge in [-0.15, -0.1) is 5.06 Å². The summed E-state index contributed by atoms with van der Waals surface area (Å²) in [6, 6.07) is 0. The standard InChI is InChI=1S/C16H25N3O9/c1-10(14(22)28-19-12(20)4-5-13(19)21)6-7-25-11(8-26-15(23)17-2)9-27-16(24)18-3/h10-11H,4-9H2,1-3H3,(H,17,23)(H,18,24). The van der Waals surface area contributed by atoms with Crippen LogP contribution < -0.4 is 10.6 Å². The third-order valence-corrected chi connectivity index (χ3v) is 3.70. The van der Waals surface area contributed by atoms with Crippen LogP contribution in [0.5, 0.6) is 0 Å². The van der Waals surface area contributed by atoms with E-state index in [1.165, 1.54) is 14.1 Å². The lowest BCUT2D eigenvalue weighted by Crippen LogP contribution is -2.35. The number of alkyl carbamates (subject to hydrolysis) is 2. The van der Waals surface area contributed by atoms with Crippen LogP contribution in [0.25, 0.3) is 0 Å². The average Bonchev–Trinajstić information content (AvgIpc) is 3.00. The van der Waals surface area contributed by atoms with Crippen LogP contribution in [0.3, 0.4) is 0 Å². The van der Waals surface area contributed by atoms with Gasteiger partial charge in [0, 0.05) is 33.5 Å². The molecule has 1 heterocycles. The molecule has 1 atom stereocenters. The van der Waals surface area contributed by atoms with Gasteiger partial charge in [-0.3, -0.25) is 9.59 Å². The van der Waals surface area contributed by atoms with Crippen LogP contribution >= 0.6 is 0 Å². The lowest BCUT2D eigenvalue weighted by Gasteiger charge is -2.19. The van der Waals surface area contributed by atoms with Crippen molar-refractivity contribution in [1.29, 1.82) is 0 Å². The fourth-order valence-electron chi connectivity index (χ4n) is 1.99. The van der Waals surface area contributed by atoms with Crippen LogP contribution in [0.1, 0.15) is 26.2 Å². The van der Waals surface area contributed by atoms with E-state index in [1.54, 1.807) is 6.92 Å². The van der Waals surface area contributed by atoms with Crippen molar-refractivity contribution < 1.29 is 43.0 Å². The van der Waals surface area contributed by atoms with Gasteiger partial charge in [0.15, 0.2) is 0 Å². The molecule has 0 aliphatic carbocycles. The number of carbonyl (C=O) groups excluding carboxylic acids is 5. The van der Waals surface area contributed by atoms with Crippen LogP contribution in [-0.4, -0.2) is 75.1 Å². The fourth-order valence-corrected chi connectivity index (χ4v) is 1.99. The van der Waals surface area contributed by atoms with Gasteiger partial charge in [0.25, 0.3) is 11.8 Å². The Balaban J connectivity index is 2.43. The van der Waals surface area contributed by atoms with Gasteiger partial charge in [-0.2, -0.15) is 0 Å². The number of hydrogen-bond donors (Lipinski definition) is 2. The minimum atomic E-state index is -0.750. The maximum absolute atomic E-state index is 12.0. The number of hydrogen-bond acceptors (Lipinski definition) is 9. The van der Waals surface area contributed by atoms with Gasteiger partial charge in [-0.25, -0.2) is 14.4 Å². The largest absolute Gasteiger partial charge is 0.447 e. The van der Waals surface area contributed by atoms with Crippen LogP contribution in [-0.2, 0) is 33.4 Å². The molecule has 0 aromatic rings. The van der Waals surface area contributed by atoms with Crippen LogP contribution in [0, 0.1) is 5.92 Å². The van der Waals surface area contributed by atoms with E-state index in [9.17, 15) is 24.0 Å². The molecule has 1 unspecified atom stereocenters. The molecule has 28 heavy (non-hydrogen) atoms. The van der Waals surface area contributed by atoms with Gasteiger partial charge in [-0.1, -0.05) is 6.92 Å². The minimum Gasteiger partial charge on any atom is -0.447 e. The lowest BCUT2D eigenvalue weighted by atomic mass is 10.1. The highest BCUT2D eigenvalue weighted by molar-refractivity contribution is 6.01. The molecule has 12 heteroatoms. The molecule has 0 bridgehead atoms. The second-order valence-electron chi connectivity index (χ2n) is 5.87. The molecular formula is C16H25N3O9. The topological polar surface area (TPSA) is 150 Å². The molecule has 0 spiro atoms. The predicted octanol–water partition coefficient (Wildman–Crippen LogP) is -0.283. The van der Waals surface area contributed by atoms with Crippen molar-refractivity contribution in [3.8, 4) is 0 Å². The summed E-state index contributed by atoms with van der Waals surface area (Å²) in [5, 5.41) is 5.02. The molecule has 0 aromatic heterocycles.